The number of aliphatic hydroxyl groups excluding tert-OH is 1. The zero-order valence-corrected chi connectivity index (χ0v) is 10.3. The molecule has 0 aliphatic heterocycles. The van der Waals surface area contributed by atoms with E-state index in [1.807, 2.05) is 6.92 Å². The molecule has 2 rings (SSSR count). The fourth-order valence-electron chi connectivity index (χ4n) is 1.53. The van der Waals surface area contributed by atoms with Crippen molar-refractivity contribution in [3.63, 3.8) is 0 Å². The van der Waals surface area contributed by atoms with Gasteiger partial charge in [0.1, 0.15) is 0 Å². The molecule has 17 heavy (non-hydrogen) atoms. The Bertz CT molecular complexity index is 477. The molecule has 6 heteroatoms. The summed E-state index contributed by atoms with van der Waals surface area (Å²) >= 11 is 0. The first-order valence-electron chi connectivity index (χ1n) is 5.39. The third kappa shape index (κ3) is 3.04. The van der Waals surface area contributed by atoms with Crippen LogP contribution in [0.1, 0.15) is 18.4 Å². The van der Waals surface area contributed by atoms with Crippen molar-refractivity contribution >= 4 is 10.0 Å². The summed E-state index contributed by atoms with van der Waals surface area (Å²) < 4.78 is 23.5. The zero-order chi connectivity index (χ0) is 12.5. The molecule has 0 unspecified atom stereocenters. The second-order valence-electron chi connectivity index (χ2n) is 4.26. The summed E-state index contributed by atoms with van der Waals surface area (Å²) in [5.74, 6) is 0. The molecule has 0 radical (unpaired) electrons. The lowest BCUT2D eigenvalue weighted by atomic mass is 9.93. The number of rotatable bonds is 4. The maximum atomic E-state index is 11.8. The van der Waals surface area contributed by atoms with E-state index in [4.69, 9.17) is 9.94 Å². The summed E-state index contributed by atoms with van der Waals surface area (Å²) in [5.41, 5.74) is 0.993. The van der Waals surface area contributed by atoms with E-state index in [1.165, 1.54) is 12.1 Å². The quantitative estimate of drug-likeness (QED) is 0.780. The van der Waals surface area contributed by atoms with Crippen LogP contribution >= 0.6 is 0 Å². The van der Waals surface area contributed by atoms with Crippen LogP contribution in [0, 0.1) is 6.92 Å². The van der Waals surface area contributed by atoms with Crippen LogP contribution in [-0.4, -0.2) is 25.7 Å². The summed E-state index contributed by atoms with van der Waals surface area (Å²) in [4.78, 5) is 7.25. The van der Waals surface area contributed by atoms with Crippen LogP contribution in [0.4, 0.5) is 0 Å². The Hall–Kier alpha value is -0.950. The number of benzene rings is 1. The van der Waals surface area contributed by atoms with E-state index in [9.17, 15) is 8.42 Å². The molecule has 2 N–H and O–H groups in total. The minimum Gasteiger partial charge on any atom is -0.393 e. The van der Waals surface area contributed by atoms with Crippen LogP contribution in [0.3, 0.4) is 0 Å². The number of hydrogen-bond acceptors (Lipinski definition) is 4. The van der Waals surface area contributed by atoms with Crippen molar-refractivity contribution in [3.8, 4) is 0 Å². The third-order valence-corrected chi connectivity index (χ3v) is 3.93. The normalized spacial score (nSPS) is 24.4. The molecule has 0 spiro atoms. The molecule has 0 atom stereocenters. The van der Waals surface area contributed by atoms with Gasteiger partial charge in [-0.3, -0.25) is 4.84 Å². The molecule has 0 amide bonds. The topological polar surface area (TPSA) is 75.6 Å². The summed E-state index contributed by atoms with van der Waals surface area (Å²) in [6.07, 6.45) is 0.335. The van der Waals surface area contributed by atoms with E-state index < -0.39 is 10.0 Å². The van der Waals surface area contributed by atoms with Crippen molar-refractivity contribution in [1.29, 1.82) is 0 Å². The molecule has 0 saturated heterocycles. The summed E-state index contributed by atoms with van der Waals surface area (Å²) in [6.45, 7) is 1.88. The van der Waals surface area contributed by atoms with Crippen LogP contribution in [0.15, 0.2) is 29.2 Å². The number of aryl methyl sites for hydroxylation is 1. The van der Waals surface area contributed by atoms with Crippen LogP contribution in [-0.2, 0) is 14.9 Å². The van der Waals surface area contributed by atoms with Crippen LogP contribution in [0.5, 0.6) is 0 Å². The van der Waals surface area contributed by atoms with Crippen molar-refractivity contribution in [2.75, 3.05) is 0 Å². The number of aliphatic hydroxyl groups is 1. The molecule has 1 aromatic rings. The summed E-state index contributed by atoms with van der Waals surface area (Å²) in [5, 5.41) is 9.04. The van der Waals surface area contributed by atoms with Gasteiger partial charge >= 0.3 is 0 Å². The van der Waals surface area contributed by atoms with E-state index >= 15 is 0 Å². The SMILES string of the molecule is Cc1ccc(S(=O)(=O)NO[C@H]2C[C@H](O)C2)cc1. The van der Waals surface area contributed by atoms with Crippen molar-refractivity contribution < 1.29 is 18.4 Å². The van der Waals surface area contributed by atoms with E-state index in [-0.39, 0.29) is 17.1 Å². The fourth-order valence-corrected chi connectivity index (χ4v) is 2.38. The Labute approximate surface area is 100 Å². The highest BCUT2D eigenvalue weighted by Gasteiger charge is 2.29. The van der Waals surface area contributed by atoms with Gasteiger partial charge in [-0.2, -0.15) is 0 Å². The second kappa shape index (κ2) is 4.73. The van der Waals surface area contributed by atoms with E-state index in [0.29, 0.717) is 12.8 Å². The highest BCUT2D eigenvalue weighted by Crippen LogP contribution is 2.22. The van der Waals surface area contributed by atoms with Gasteiger partial charge in [-0.1, -0.05) is 22.6 Å². The van der Waals surface area contributed by atoms with Gasteiger partial charge in [-0.25, -0.2) is 8.42 Å². The molecule has 1 aliphatic rings. The Morgan fingerprint density at radius 1 is 1.29 bits per heavy atom. The highest BCUT2D eigenvalue weighted by atomic mass is 32.2. The zero-order valence-electron chi connectivity index (χ0n) is 9.46. The van der Waals surface area contributed by atoms with Crippen LogP contribution in [0.25, 0.3) is 0 Å². The van der Waals surface area contributed by atoms with E-state index in [2.05, 4.69) is 4.89 Å². The lowest BCUT2D eigenvalue weighted by molar-refractivity contribution is -0.0901. The predicted molar refractivity (Wildman–Crippen MR) is 61.6 cm³/mol. The van der Waals surface area contributed by atoms with Crippen LogP contribution in [0.2, 0.25) is 0 Å². The minimum atomic E-state index is -3.62. The lowest BCUT2D eigenvalue weighted by Gasteiger charge is -2.30. The number of hydrogen-bond donors (Lipinski definition) is 2. The molecule has 0 bridgehead atoms. The standard InChI is InChI=1S/C11H15NO4S/c1-8-2-4-11(5-3-8)17(14,15)12-16-10-6-9(13)7-10/h2-5,9-10,12-13H,6-7H2,1H3/t9-,10-. The van der Waals surface area contributed by atoms with Gasteiger partial charge in [0.15, 0.2) is 0 Å². The molecule has 1 saturated carbocycles. The molecule has 1 fully saturated rings. The first-order chi connectivity index (χ1) is 7.97. The number of nitrogens with one attached hydrogen (secondary N) is 1. The highest BCUT2D eigenvalue weighted by molar-refractivity contribution is 7.89. The van der Waals surface area contributed by atoms with Crippen molar-refractivity contribution in [1.82, 2.24) is 4.89 Å². The predicted octanol–water partition coefficient (Wildman–Crippen LogP) is 0.728. The smallest absolute Gasteiger partial charge is 0.262 e. The molecule has 0 aromatic heterocycles. The Morgan fingerprint density at radius 2 is 1.88 bits per heavy atom. The number of sulfonamides is 1. The largest absolute Gasteiger partial charge is 0.393 e. The monoisotopic (exact) mass is 257 g/mol. The maximum Gasteiger partial charge on any atom is 0.262 e. The molecule has 94 valence electrons. The Morgan fingerprint density at radius 3 is 2.41 bits per heavy atom. The van der Waals surface area contributed by atoms with Gasteiger partial charge in [-0.05, 0) is 19.1 Å². The van der Waals surface area contributed by atoms with Gasteiger partial charge in [0.2, 0.25) is 0 Å². The maximum absolute atomic E-state index is 11.8. The van der Waals surface area contributed by atoms with E-state index in [0.717, 1.165) is 5.56 Å². The molecule has 5 nitrogen and oxygen atoms in total. The first kappa shape index (κ1) is 12.5. The first-order valence-corrected chi connectivity index (χ1v) is 6.88. The average molecular weight is 257 g/mol. The van der Waals surface area contributed by atoms with Crippen molar-refractivity contribution in [2.45, 2.75) is 36.9 Å². The minimum absolute atomic E-state index is 0.169. The van der Waals surface area contributed by atoms with Crippen LogP contribution < -0.4 is 4.89 Å². The Balaban J connectivity index is 1.96. The van der Waals surface area contributed by atoms with Crippen molar-refractivity contribution in [2.24, 2.45) is 0 Å². The molecule has 0 heterocycles. The molecule has 1 aliphatic carbocycles. The second-order valence-corrected chi connectivity index (χ2v) is 5.91. The van der Waals surface area contributed by atoms with Gasteiger partial charge in [-0.15, -0.1) is 0 Å². The molecule has 1 aromatic carbocycles. The molecular weight excluding hydrogens is 242 g/mol. The summed E-state index contributed by atoms with van der Waals surface area (Å²) in [7, 11) is -3.62. The molecular formula is C11H15NO4S. The third-order valence-electron chi connectivity index (χ3n) is 2.73. The fraction of sp³-hybridized carbons (Fsp3) is 0.455. The lowest BCUT2D eigenvalue weighted by Crippen LogP contribution is -2.40. The average Bonchev–Trinajstić information content (AvgIpc) is 2.23. The van der Waals surface area contributed by atoms with Gasteiger partial charge < -0.3 is 5.11 Å². The van der Waals surface area contributed by atoms with Gasteiger partial charge in [0.25, 0.3) is 10.0 Å². The Kier molecular flexibility index (Phi) is 3.48. The van der Waals surface area contributed by atoms with Crippen molar-refractivity contribution in [3.05, 3.63) is 29.8 Å². The van der Waals surface area contributed by atoms with Gasteiger partial charge in [0.05, 0.1) is 17.1 Å². The van der Waals surface area contributed by atoms with E-state index in [1.54, 1.807) is 12.1 Å². The summed E-state index contributed by atoms with van der Waals surface area (Å²) in [6, 6.07) is 6.50. The van der Waals surface area contributed by atoms with Gasteiger partial charge in [0, 0.05) is 12.8 Å².